The van der Waals surface area contributed by atoms with Gasteiger partial charge in [0.1, 0.15) is 5.75 Å². The molecule has 3 aromatic rings. The van der Waals surface area contributed by atoms with E-state index in [0.29, 0.717) is 12.1 Å². The van der Waals surface area contributed by atoms with E-state index < -0.39 is 0 Å². The van der Waals surface area contributed by atoms with E-state index in [1.807, 2.05) is 30.7 Å². The lowest BCUT2D eigenvalue weighted by atomic mass is 9.92. The molecule has 0 bridgehead atoms. The van der Waals surface area contributed by atoms with Crippen LogP contribution in [0, 0.1) is 6.92 Å². The van der Waals surface area contributed by atoms with Crippen molar-refractivity contribution in [1.29, 1.82) is 0 Å². The van der Waals surface area contributed by atoms with Crippen LogP contribution in [0.4, 0.5) is 0 Å². The Kier molecular flexibility index (Phi) is 4.65. The number of hydrogen-bond acceptors (Lipinski definition) is 4. The number of nitrogens with one attached hydrogen (secondary N) is 2. The van der Waals surface area contributed by atoms with Crippen molar-refractivity contribution in [3.8, 4) is 5.75 Å². The van der Waals surface area contributed by atoms with Crippen LogP contribution in [0.3, 0.4) is 0 Å². The summed E-state index contributed by atoms with van der Waals surface area (Å²) in [6, 6.07) is 8.77. The van der Waals surface area contributed by atoms with E-state index in [-0.39, 0.29) is 0 Å². The second-order valence-corrected chi connectivity index (χ2v) is 6.85. The summed E-state index contributed by atoms with van der Waals surface area (Å²) >= 11 is 0. The number of hydrogen-bond donors (Lipinski definition) is 2. The second-order valence-electron chi connectivity index (χ2n) is 6.85. The Balaban J connectivity index is 1.30. The number of rotatable bonds is 5. The van der Waals surface area contributed by atoms with Crippen molar-refractivity contribution in [1.82, 2.24) is 20.5 Å². The number of pyridine rings is 1. The highest BCUT2D eigenvalue weighted by Gasteiger charge is 2.22. The summed E-state index contributed by atoms with van der Waals surface area (Å²) in [6.45, 7) is 2.99. The molecule has 0 saturated heterocycles. The maximum atomic E-state index is 6.30. The first-order valence-electron chi connectivity index (χ1n) is 9.01. The zero-order valence-electron chi connectivity index (χ0n) is 14.5. The molecule has 1 fully saturated rings. The fourth-order valence-corrected chi connectivity index (χ4v) is 3.60. The molecular weight excluding hydrogens is 312 g/mol. The third-order valence-corrected chi connectivity index (χ3v) is 5.13. The maximum absolute atomic E-state index is 6.30. The molecule has 1 aliphatic carbocycles. The molecule has 0 atom stereocenters. The molecule has 4 rings (SSSR count). The monoisotopic (exact) mass is 336 g/mol. The van der Waals surface area contributed by atoms with Gasteiger partial charge in [0.2, 0.25) is 0 Å². The Bertz CT molecular complexity index is 822. The molecular formula is C20H24N4O. The van der Waals surface area contributed by atoms with Gasteiger partial charge in [0.15, 0.2) is 0 Å². The Labute approximate surface area is 147 Å². The summed E-state index contributed by atoms with van der Waals surface area (Å²) in [5.74, 6) is 0.987. The first kappa shape index (κ1) is 16.1. The van der Waals surface area contributed by atoms with E-state index >= 15 is 0 Å². The van der Waals surface area contributed by atoms with Gasteiger partial charge in [-0.15, -0.1) is 0 Å². The third kappa shape index (κ3) is 3.66. The van der Waals surface area contributed by atoms with Gasteiger partial charge < -0.3 is 10.1 Å². The molecule has 2 heterocycles. The van der Waals surface area contributed by atoms with Gasteiger partial charge in [-0.2, -0.15) is 5.10 Å². The molecule has 130 valence electrons. The number of nitrogens with zero attached hydrogens (tertiary/aromatic N) is 2. The predicted molar refractivity (Wildman–Crippen MR) is 98.6 cm³/mol. The zero-order valence-corrected chi connectivity index (χ0v) is 14.5. The highest BCUT2D eigenvalue weighted by molar-refractivity contribution is 5.83. The molecule has 1 aromatic carbocycles. The van der Waals surface area contributed by atoms with Crippen LogP contribution in [0.2, 0.25) is 0 Å². The van der Waals surface area contributed by atoms with Crippen molar-refractivity contribution in [3.63, 3.8) is 0 Å². The zero-order chi connectivity index (χ0) is 17.1. The molecule has 0 spiro atoms. The van der Waals surface area contributed by atoms with E-state index in [1.54, 1.807) is 0 Å². The molecule has 25 heavy (non-hydrogen) atoms. The lowest BCUT2D eigenvalue weighted by Crippen LogP contribution is -2.36. The van der Waals surface area contributed by atoms with Crippen LogP contribution < -0.4 is 10.1 Å². The van der Waals surface area contributed by atoms with Crippen molar-refractivity contribution >= 4 is 10.9 Å². The number of benzene rings is 1. The normalized spacial score (nSPS) is 20.7. The largest absolute Gasteiger partial charge is 0.490 e. The first-order valence-corrected chi connectivity index (χ1v) is 9.01. The topological polar surface area (TPSA) is 62.8 Å². The fraction of sp³-hybridized carbons (Fsp3) is 0.400. The molecule has 0 aliphatic heterocycles. The van der Waals surface area contributed by atoms with Crippen molar-refractivity contribution in [2.45, 2.75) is 51.3 Å². The van der Waals surface area contributed by atoms with E-state index in [4.69, 9.17) is 4.74 Å². The first-order chi connectivity index (χ1) is 12.3. The quantitative estimate of drug-likeness (QED) is 0.745. The van der Waals surface area contributed by atoms with E-state index in [0.717, 1.165) is 48.9 Å². The van der Waals surface area contributed by atoms with Crippen LogP contribution in [-0.4, -0.2) is 27.3 Å². The number of ether oxygens (including phenoxy) is 1. The lowest BCUT2D eigenvalue weighted by molar-refractivity contribution is 0.138. The molecule has 1 aliphatic rings. The van der Waals surface area contributed by atoms with Crippen LogP contribution in [0.1, 0.15) is 36.8 Å². The molecule has 5 nitrogen and oxygen atoms in total. The van der Waals surface area contributed by atoms with Crippen molar-refractivity contribution in [3.05, 3.63) is 54.0 Å². The van der Waals surface area contributed by atoms with Crippen molar-refractivity contribution < 1.29 is 4.74 Å². The smallest absolute Gasteiger partial charge is 0.123 e. The van der Waals surface area contributed by atoms with Crippen LogP contribution >= 0.6 is 0 Å². The summed E-state index contributed by atoms with van der Waals surface area (Å²) in [6.07, 6.45) is 10.4. The molecule has 0 radical (unpaired) electrons. The molecule has 0 amide bonds. The lowest BCUT2D eigenvalue weighted by Gasteiger charge is -2.30. The minimum absolute atomic E-state index is 0.305. The Morgan fingerprint density at radius 1 is 1.16 bits per heavy atom. The van der Waals surface area contributed by atoms with Gasteiger partial charge >= 0.3 is 0 Å². The average Bonchev–Trinajstić information content (AvgIpc) is 3.14. The Morgan fingerprint density at radius 2 is 2.04 bits per heavy atom. The second kappa shape index (κ2) is 7.23. The minimum atomic E-state index is 0.305. The summed E-state index contributed by atoms with van der Waals surface area (Å²) in [7, 11) is 0. The van der Waals surface area contributed by atoms with Crippen LogP contribution in [0.5, 0.6) is 5.75 Å². The van der Waals surface area contributed by atoms with Gasteiger partial charge in [-0.05, 0) is 56.4 Å². The summed E-state index contributed by atoms with van der Waals surface area (Å²) < 4.78 is 6.30. The van der Waals surface area contributed by atoms with Gasteiger partial charge in [0.05, 0.1) is 17.8 Å². The number of H-pyrrole nitrogens is 1. The number of aromatic amines is 1. The van der Waals surface area contributed by atoms with Gasteiger partial charge in [-0.1, -0.05) is 6.07 Å². The fourth-order valence-electron chi connectivity index (χ4n) is 3.60. The number of aromatic nitrogens is 3. The van der Waals surface area contributed by atoms with Gasteiger partial charge in [-0.25, -0.2) is 0 Å². The van der Waals surface area contributed by atoms with Crippen LogP contribution in [0.15, 0.2) is 42.9 Å². The van der Waals surface area contributed by atoms with Crippen molar-refractivity contribution in [2.24, 2.45) is 0 Å². The number of fused-ring (bicyclic) bond motifs is 1. The van der Waals surface area contributed by atoms with Gasteiger partial charge in [0.25, 0.3) is 0 Å². The molecule has 1 saturated carbocycles. The highest BCUT2D eigenvalue weighted by Crippen LogP contribution is 2.30. The van der Waals surface area contributed by atoms with E-state index in [9.17, 15) is 0 Å². The predicted octanol–water partition coefficient (Wildman–Crippen LogP) is 3.75. The maximum Gasteiger partial charge on any atom is 0.123 e. The standard InChI is InChI=1S/C20H24N4O/c1-14-18-13-23-24-19(18)8-9-20(14)25-17-6-4-16(5-7-17)22-12-15-3-2-10-21-11-15/h2-3,8-11,13,16-17,22H,4-7,12H2,1H3,(H,23,24)/t16-,17-. The van der Waals surface area contributed by atoms with E-state index in [1.165, 1.54) is 11.1 Å². The van der Waals surface area contributed by atoms with E-state index in [2.05, 4.69) is 39.6 Å². The molecule has 5 heteroatoms. The van der Waals surface area contributed by atoms with Crippen molar-refractivity contribution in [2.75, 3.05) is 0 Å². The summed E-state index contributed by atoms with van der Waals surface area (Å²) in [5.41, 5.74) is 3.47. The third-order valence-electron chi connectivity index (χ3n) is 5.13. The Morgan fingerprint density at radius 3 is 2.84 bits per heavy atom. The molecule has 2 aromatic heterocycles. The summed E-state index contributed by atoms with van der Waals surface area (Å²) in [4.78, 5) is 4.17. The van der Waals surface area contributed by atoms with Crippen LogP contribution in [-0.2, 0) is 6.54 Å². The highest BCUT2D eigenvalue weighted by atomic mass is 16.5. The summed E-state index contributed by atoms with van der Waals surface area (Å²) in [5, 5.41) is 11.9. The minimum Gasteiger partial charge on any atom is -0.490 e. The van der Waals surface area contributed by atoms with Gasteiger partial charge in [0, 0.05) is 35.9 Å². The number of aryl methyl sites for hydroxylation is 1. The van der Waals surface area contributed by atoms with Crippen LogP contribution in [0.25, 0.3) is 10.9 Å². The average molecular weight is 336 g/mol. The SMILES string of the molecule is Cc1c(O[C@H]2CC[C@H](NCc3cccnc3)CC2)ccc2[nH]ncc12. The Hall–Kier alpha value is -2.40. The van der Waals surface area contributed by atoms with Gasteiger partial charge in [-0.3, -0.25) is 10.1 Å². The molecule has 0 unspecified atom stereocenters. The molecule has 2 N–H and O–H groups in total.